The van der Waals surface area contributed by atoms with E-state index in [1.54, 1.807) is 12.1 Å². The van der Waals surface area contributed by atoms with Crippen LogP contribution in [-0.2, 0) is 13.2 Å². The molecular weight excluding hydrogens is 388 g/mol. The van der Waals surface area contributed by atoms with Crippen molar-refractivity contribution in [1.29, 1.82) is 0 Å². The number of carbonyl (C=O) groups is 1. The molecule has 0 spiro atoms. The van der Waals surface area contributed by atoms with Gasteiger partial charge in [0.1, 0.15) is 12.4 Å². The molecule has 0 amide bonds. The first-order valence-electron chi connectivity index (χ1n) is 10.0. The zero-order chi connectivity index (χ0) is 21.2. The molecule has 0 aliphatic rings. The molecule has 0 radical (unpaired) electrons. The maximum absolute atomic E-state index is 11.2. The van der Waals surface area contributed by atoms with Crippen LogP contribution in [0.25, 0.3) is 21.8 Å². The van der Waals surface area contributed by atoms with Crippen molar-refractivity contribution >= 4 is 27.8 Å². The van der Waals surface area contributed by atoms with Crippen molar-refractivity contribution in [3.05, 3.63) is 108 Å². The smallest absolute Gasteiger partial charge is 0.335 e. The summed E-state index contributed by atoms with van der Waals surface area (Å²) in [6.07, 6.45) is 1.98. The summed E-state index contributed by atoms with van der Waals surface area (Å²) in [5.41, 5.74) is 4.24. The largest absolute Gasteiger partial charge is 0.487 e. The van der Waals surface area contributed by atoms with Gasteiger partial charge in [0, 0.05) is 29.0 Å². The summed E-state index contributed by atoms with van der Waals surface area (Å²) in [6, 6.07) is 27.2. The number of pyridine rings is 1. The van der Waals surface area contributed by atoms with Crippen LogP contribution in [0.1, 0.15) is 21.6 Å². The molecule has 0 fully saturated rings. The van der Waals surface area contributed by atoms with E-state index in [0.29, 0.717) is 18.7 Å². The zero-order valence-corrected chi connectivity index (χ0v) is 16.7. The van der Waals surface area contributed by atoms with Gasteiger partial charge in [-0.15, -0.1) is 0 Å². The summed E-state index contributed by atoms with van der Waals surface area (Å²) in [6.45, 7) is 1.07. The third-order valence-corrected chi connectivity index (χ3v) is 5.31. The molecule has 0 aliphatic heterocycles. The molecule has 152 valence electrons. The molecular formula is C26H20N2O3. The van der Waals surface area contributed by atoms with Crippen molar-refractivity contribution in [3.8, 4) is 5.75 Å². The lowest BCUT2D eigenvalue weighted by Gasteiger charge is -2.10. The quantitative estimate of drug-likeness (QED) is 0.402. The molecule has 1 N–H and O–H groups in total. The second-order valence-corrected chi connectivity index (χ2v) is 7.45. The fraction of sp³-hybridized carbons (Fsp3) is 0.0769. The highest BCUT2D eigenvalue weighted by atomic mass is 16.5. The number of nitrogens with zero attached hydrogens (tertiary/aromatic N) is 2. The average molecular weight is 408 g/mol. The highest BCUT2D eigenvalue weighted by molar-refractivity contribution is 5.93. The Morgan fingerprint density at radius 3 is 2.71 bits per heavy atom. The molecule has 0 atom stereocenters. The Morgan fingerprint density at radius 2 is 1.81 bits per heavy atom. The molecule has 2 heterocycles. The third kappa shape index (κ3) is 3.98. The maximum Gasteiger partial charge on any atom is 0.335 e. The van der Waals surface area contributed by atoms with E-state index >= 15 is 0 Å². The predicted octanol–water partition coefficient (Wildman–Crippen LogP) is 5.52. The number of aromatic carboxylic acids is 1. The molecule has 0 aliphatic carbocycles. The Morgan fingerprint density at radius 1 is 0.903 bits per heavy atom. The Bertz CT molecular complexity index is 1400. The number of carboxylic acid groups (broad SMARTS) is 1. The molecule has 0 saturated carbocycles. The van der Waals surface area contributed by atoms with Gasteiger partial charge in [0.25, 0.3) is 0 Å². The first kappa shape index (κ1) is 18.9. The molecule has 5 heteroatoms. The molecule has 0 saturated heterocycles. The van der Waals surface area contributed by atoms with Crippen molar-refractivity contribution in [2.75, 3.05) is 0 Å². The highest BCUT2D eigenvalue weighted by Gasteiger charge is 2.08. The van der Waals surface area contributed by atoms with Gasteiger partial charge in [0.05, 0.1) is 16.8 Å². The second-order valence-electron chi connectivity index (χ2n) is 7.45. The van der Waals surface area contributed by atoms with Crippen LogP contribution in [0, 0.1) is 0 Å². The Hall–Kier alpha value is -4.12. The SMILES string of the molecule is O=C(O)c1ccc2c(ccn2Cc2cccc(OCc3ccc4ccccc4n3)c2)c1. The second kappa shape index (κ2) is 7.95. The molecule has 0 bridgehead atoms. The summed E-state index contributed by atoms with van der Waals surface area (Å²) in [5, 5.41) is 11.2. The summed E-state index contributed by atoms with van der Waals surface area (Å²) >= 11 is 0. The van der Waals surface area contributed by atoms with E-state index in [-0.39, 0.29) is 0 Å². The van der Waals surface area contributed by atoms with Crippen LogP contribution in [0.3, 0.4) is 0 Å². The van der Waals surface area contributed by atoms with E-state index in [1.807, 2.05) is 66.9 Å². The minimum Gasteiger partial charge on any atom is -0.487 e. The van der Waals surface area contributed by atoms with Gasteiger partial charge in [-0.3, -0.25) is 0 Å². The van der Waals surface area contributed by atoms with E-state index < -0.39 is 5.97 Å². The molecule has 5 aromatic rings. The molecule has 3 aromatic carbocycles. The monoisotopic (exact) mass is 408 g/mol. The molecule has 0 unspecified atom stereocenters. The Balaban J connectivity index is 1.32. The number of benzene rings is 3. The van der Waals surface area contributed by atoms with Crippen molar-refractivity contribution in [1.82, 2.24) is 9.55 Å². The summed E-state index contributed by atoms with van der Waals surface area (Å²) in [5.74, 6) is -0.127. The summed E-state index contributed by atoms with van der Waals surface area (Å²) in [4.78, 5) is 15.8. The van der Waals surface area contributed by atoms with Crippen LogP contribution < -0.4 is 4.74 Å². The fourth-order valence-electron chi connectivity index (χ4n) is 3.75. The number of carboxylic acids is 1. The van der Waals surface area contributed by atoms with Crippen molar-refractivity contribution in [2.45, 2.75) is 13.2 Å². The number of fused-ring (bicyclic) bond motifs is 2. The van der Waals surface area contributed by atoms with Crippen molar-refractivity contribution in [2.24, 2.45) is 0 Å². The van der Waals surface area contributed by atoms with Gasteiger partial charge in [-0.2, -0.15) is 0 Å². The topological polar surface area (TPSA) is 64.3 Å². The number of aromatic nitrogens is 2. The fourth-order valence-corrected chi connectivity index (χ4v) is 3.75. The van der Waals surface area contributed by atoms with Gasteiger partial charge in [-0.1, -0.05) is 36.4 Å². The summed E-state index contributed by atoms with van der Waals surface area (Å²) in [7, 11) is 0. The maximum atomic E-state index is 11.2. The number of rotatable bonds is 6. The zero-order valence-electron chi connectivity index (χ0n) is 16.7. The lowest BCUT2D eigenvalue weighted by Crippen LogP contribution is -2.01. The lowest BCUT2D eigenvalue weighted by atomic mass is 10.1. The average Bonchev–Trinajstić information content (AvgIpc) is 3.19. The van der Waals surface area contributed by atoms with E-state index in [4.69, 9.17) is 4.74 Å². The third-order valence-electron chi connectivity index (χ3n) is 5.31. The molecule has 5 rings (SSSR count). The Kier molecular flexibility index (Phi) is 4.84. The van der Waals surface area contributed by atoms with Gasteiger partial charge >= 0.3 is 5.97 Å². The van der Waals surface area contributed by atoms with Crippen LogP contribution in [-0.4, -0.2) is 20.6 Å². The van der Waals surface area contributed by atoms with Crippen LogP contribution in [0.15, 0.2) is 91.1 Å². The van der Waals surface area contributed by atoms with Gasteiger partial charge in [-0.05, 0) is 54.1 Å². The van der Waals surface area contributed by atoms with Crippen LogP contribution in [0.4, 0.5) is 0 Å². The van der Waals surface area contributed by atoms with E-state index in [2.05, 4.69) is 21.7 Å². The first-order chi connectivity index (χ1) is 15.2. The number of hydrogen-bond acceptors (Lipinski definition) is 3. The summed E-state index contributed by atoms with van der Waals surface area (Å²) < 4.78 is 8.10. The van der Waals surface area contributed by atoms with Crippen LogP contribution >= 0.6 is 0 Å². The van der Waals surface area contributed by atoms with Gasteiger partial charge in [0.15, 0.2) is 0 Å². The highest BCUT2D eigenvalue weighted by Crippen LogP contribution is 2.21. The lowest BCUT2D eigenvalue weighted by molar-refractivity contribution is 0.0697. The van der Waals surface area contributed by atoms with E-state index in [1.165, 1.54) is 0 Å². The van der Waals surface area contributed by atoms with E-state index in [9.17, 15) is 9.90 Å². The Labute approximate surface area is 179 Å². The van der Waals surface area contributed by atoms with Crippen LogP contribution in [0.2, 0.25) is 0 Å². The normalized spacial score (nSPS) is 11.1. The molecule has 5 nitrogen and oxygen atoms in total. The van der Waals surface area contributed by atoms with Crippen molar-refractivity contribution in [3.63, 3.8) is 0 Å². The van der Waals surface area contributed by atoms with Gasteiger partial charge < -0.3 is 14.4 Å². The van der Waals surface area contributed by atoms with E-state index in [0.717, 1.165) is 38.8 Å². The number of ether oxygens (including phenoxy) is 1. The minimum absolute atomic E-state index is 0.294. The van der Waals surface area contributed by atoms with Gasteiger partial charge in [0.2, 0.25) is 0 Å². The number of hydrogen-bond donors (Lipinski definition) is 1. The minimum atomic E-state index is -0.916. The molecule has 31 heavy (non-hydrogen) atoms. The number of para-hydroxylation sites is 1. The van der Waals surface area contributed by atoms with Crippen molar-refractivity contribution < 1.29 is 14.6 Å². The standard InChI is InChI=1S/C26H20N2O3/c29-26(30)21-9-11-25-20(15-21)12-13-28(25)16-18-4-3-6-23(14-18)31-17-22-10-8-19-5-1-2-7-24(19)27-22/h1-15H,16-17H2,(H,29,30). The first-order valence-corrected chi connectivity index (χ1v) is 10.0. The predicted molar refractivity (Wildman–Crippen MR) is 121 cm³/mol. The van der Waals surface area contributed by atoms with Crippen LogP contribution in [0.5, 0.6) is 5.75 Å². The molecule has 2 aromatic heterocycles. The van der Waals surface area contributed by atoms with Gasteiger partial charge in [-0.25, -0.2) is 9.78 Å².